The Balaban J connectivity index is 1.89. The molecule has 10 heteroatoms. The second kappa shape index (κ2) is 9.71. The van der Waals surface area contributed by atoms with Crippen molar-refractivity contribution in [1.82, 2.24) is 10.2 Å². The van der Waals surface area contributed by atoms with Crippen molar-refractivity contribution in [3.05, 3.63) is 23.8 Å². The van der Waals surface area contributed by atoms with E-state index in [1.807, 2.05) is 6.92 Å². The van der Waals surface area contributed by atoms with Crippen molar-refractivity contribution >= 4 is 12.0 Å². The molecule has 0 spiro atoms. The molecule has 1 aromatic rings. The maximum atomic E-state index is 12.6. The predicted molar refractivity (Wildman–Crippen MR) is 97.8 cm³/mol. The number of hydrogen-bond donors (Lipinski definition) is 1. The number of carbonyl (C=O) groups excluding carboxylic acids is 2. The molecule has 162 valence electrons. The van der Waals surface area contributed by atoms with Gasteiger partial charge in [0.15, 0.2) is 6.61 Å². The zero-order valence-electron chi connectivity index (χ0n) is 16.5. The first-order valence-corrected chi connectivity index (χ1v) is 9.15. The molecule has 0 radical (unpaired) electrons. The maximum absolute atomic E-state index is 12.6. The molecule has 1 heterocycles. The average Bonchev–Trinajstić information content (AvgIpc) is 2.70. The van der Waals surface area contributed by atoms with Crippen LogP contribution >= 0.6 is 0 Å². The van der Waals surface area contributed by atoms with Crippen molar-refractivity contribution in [2.24, 2.45) is 5.92 Å². The normalized spacial score (nSPS) is 16.1. The SMILES string of the molecule is COc1ccc(OC)c([C@H](C)NC(=O)C2CCN(C(=O)OCC(F)(F)F)CC2)c1. The Morgan fingerprint density at radius 2 is 1.86 bits per heavy atom. The molecule has 1 aromatic carbocycles. The summed E-state index contributed by atoms with van der Waals surface area (Å²) < 4.78 is 51.2. The van der Waals surface area contributed by atoms with Gasteiger partial charge >= 0.3 is 12.3 Å². The molecule has 1 atom stereocenters. The number of carbonyl (C=O) groups is 2. The first-order valence-electron chi connectivity index (χ1n) is 9.15. The smallest absolute Gasteiger partial charge is 0.422 e. The van der Waals surface area contributed by atoms with Gasteiger partial charge < -0.3 is 24.4 Å². The van der Waals surface area contributed by atoms with Gasteiger partial charge in [-0.1, -0.05) is 0 Å². The highest BCUT2D eigenvalue weighted by atomic mass is 19.4. The Hall–Kier alpha value is -2.65. The molecule has 7 nitrogen and oxygen atoms in total. The Kier molecular flexibility index (Phi) is 7.58. The van der Waals surface area contributed by atoms with Crippen molar-refractivity contribution < 1.29 is 37.0 Å². The summed E-state index contributed by atoms with van der Waals surface area (Å²) in [4.78, 5) is 25.5. The minimum Gasteiger partial charge on any atom is -0.497 e. The highest BCUT2D eigenvalue weighted by molar-refractivity contribution is 5.79. The van der Waals surface area contributed by atoms with Crippen molar-refractivity contribution in [2.75, 3.05) is 33.9 Å². The van der Waals surface area contributed by atoms with E-state index in [0.717, 1.165) is 5.56 Å². The Labute approximate surface area is 167 Å². The maximum Gasteiger partial charge on any atom is 0.422 e. The summed E-state index contributed by atoms with van der Waals surface area (Å²) in [6, 6.07) is 4.94. The molecule has 0 unspecified atom stereocenters. The van der Waals surface area contributed by atoms with Gasteiger partial charge in [-0.3, -0.25) is 4.79 Å². The number of piperidine rings is 1. The number of benzene rings is 1. The predicted octanol–water partition coefficient (Wildman–Crippen LogP) is 3.29. The number of rotatable bonds is 6. The van der Waals surface area contributed by atoms with E-state index in [-0.39, 0.29) is 31.0 Å². The highest BCUT2D eigenvalue weighted by Gasteiger charge is 2.33. The van der Waals surface area contributed by atoms with Crippen LogP contribution in [0, 0.1) is 5.92 Å². The Bertz CT molecular complexity index is 718. The molecule has 1 N–H and O–H groups in total. The fourth-order valence-corrected chi connectivity index (χ4v) is 3.15. The van der Waals surface area contributed by atoms with Gasteiger partial charge in [-0.15, -0.1) is 0 Å². The molecule has 0 bridgehead atoms. The molecule has 2 amide bonds. The van der Waals surface area contributed by atoms with Crippen LogP contribution in [0.2, 0.25) is 0 Å². The summed E-state index contributed by atoms with van der Waals surface area (Å²) in [5, 5.41) is 2.92. The van der Waals surface area contributed by atoms with E-state index in [0.29, 0.717) is 24.3 Å². The molecule has 0 saturated carbocycles. The summed E-state index contributed by atoms with van der Waals surface area (Å²) in [5.74, 6) is 0.708. The largest absolute Gasteiger partial charge is 0.497 e. The molecule has 29 heavy (non-hydrogen) atoms. The van der Waals surface area contributed by atoms with Crippen molar-refractivity contribution in [1.29, 1.82) is 0 Å². The van der Waals surface area contributed by atoms with Crippen molar-refractivity contribution in [3.8, 4) is 11.5 Å². The van der Waals surface area contributed by atoms with Crippen LogP contribution in [0.4, 0.5) is 18.0 Å². The monoisotopic (exact) mass is 418 g/mol. The first kappa shape index (κ1) is 22.6. The third-order valence-corrected chi connectivity index (χ3v) is 4.75. The van der Waals surface area contributed by atoms with E-state index in [2.05, 4.69) is 10.1 Å². The van der Waals surface area contributed by atoms with Crippen LogP contribution in [-0.4, -0.2) is 57.0 Å². The van der Waals surface area contributed by atoms with Crippen LogP contribution in [0.3, 0.4) is 0 Å². The number of likely N-dealkylation sites (tertiary alicyclic amines) is 1. The molecule has 1 saturated heterocycles. The fraction of sp³-hybridized carbons (Fsp3) is 0.579. The van der Waals surface area contributed by atoms with Gasteiger partial charge in [0.1, 0.15) is 11.5 Å². The number of nitrogens with one attached hydrogen (secondary N) is 1. The van der Waals surface area contributed by atoms with Gasteiger partial charge in [-0.2, -0.15) is 13.2 Å². The first-order chi connectivity index (χ1) is 13.6. The van der Waals surface area contributed by atoms with Crippen LogP contribution in [0.25, 0.3) is 0 Å². The number of nitrogens with zero attached hydrogens (tertiary/aromatic N) is 1. The summed E-state index contributed by atoms with van der Waals surface area (Å²) in [6.45, 7) is 0.516. The summed E-state index contributed by atoms with van der Waals surface area (Å²) >= 11 is 0. The van der Waals surface area contributed by atoms with Crippen LogP contribution in [0.5, 0.6) is 11.5 Å². The quantitative estimate of drug-likeness (QED) is 0.767. The van der Waals surface area contributed by atoms with Crippen LogP contribution in [0.15, 0.2) is 18.2 Å². The number of amides is 2. The number of methoxy groups -OCH3 is 2. The lowest BCUT2D eigenvalue weighted by Gasteiger charge is -2.31. The van der Waals surface area contributed by atoms with E-state index in [1.165, 1.54) is 12.0 Å². The van der Waals surface area contributed by atoms with Gasteiger partial charge in [0.05, 0.1) is 20.3 Å². The standard InChI is InChI=1S/C19H25F3N2O5/c1-12(15-10-14(27-2)4-5-16(15)28-3)23-17(25)13-6-8-24(9-7-13)18(26)29-11-19(20,21)22/h4-5,10,12-13H,6-9,11H2,1-3H3,(H,23,25)/t12-/m0/s1. The van der Waals surface area contributed by atoms with Gasteiger partial charge in [0, 0.05) is 24.6 Å². The average molecular weight is 418 g/mol. The lowest BCUT2D eigenvalue weighted by molar-refractivity contribution is -0.162. The van der Waals surface area contributed by atoms with Gasteiger partial charge in [0.2, 0.25) is 5.91 Å². The zero-order chi connectivity index (χ0) is 21.6. The molecule has 1 aliphatic heterocycles. The molecule has 2 rings (SSSR count). The van der Waals surface area contributed by atoms with Crippen molar-refractivity contribution in [2.45, 2.75) is 32.0 Å². The number of alkyl halides is 3. The van der Waals surface area contributed by atoms with Crippen molar-refractivity contribution in [3.63, 3.8) is 0 Å². The van der Waals surface area contributed by atoms with E-state index in [9.17, 15) is 22.8 Å². The number of hydrogen-bond acceptors (Lipinski definition) is 5. The minimum atomic E-state index is -4.56. The second-order valence-electron chi connectivity index (χ2n) is 6.77. The third kappa shape index (κ3) is 6.43. The summed E-state index contributed by atoms with van der Waals surface area (Å²) in [6.07, 6.45) is -4.90. The summed E-state index contributed by atoms with van der Waals surface area (Å²) in [7, 11) is 3.08. The van der Waals surface area contributed by atoms with Gasteiger partial charge in [0.25, 0.3) is 0 Å². The van der Waals surface area contributed by atoms with Crippen LogP contribution in [0.1, 0.15) is 31.4 Å². The van der Waals surface area contributed by atoms with Crippen LogP contribution < -0.4 is 14.8 Å². The summed E-state index contributed by atoms with van der Waals surface area (Å²) in [5.41, 5.74) is 0.758. The highest BCUT2D eigenvalue weighted by Crippen LogP contribution is 2.30. The number of halogens is 3. The van der Waals surface area contributed by atoms with E-state index in [1.54, 1.807) is 25.3 Å². The third-order valence-electron chi connectivity index (χ3n) is 4.75. The zero-order valence-corrected chi connectivity index (χ0v) is 16.5. The molecular weight excluding hydrogens is 393 g/mol. The van der Waals surface area contributed by atoms with Crippen LogP contribution in [-0.2, 0) is 9.53 Å². The number of ether oxygens (including phenoxy) is 3. The lowest BCUT2D eigenvalue weighted by Crippen LogP contribution is -2.44. The van der Waals surface area contributed by atoms with Gasteiger partial charge in [-0.25, -0.2) is 4.79 Å². The molecule has 0 aliphatic carbocycles. The Morgan fingerprint density at radius 1 is 1.21 bits per heavy atom. The van der Waals surface area contributed by atoms with E-state index >= 15 is 0 Å². The van der Waals surface area contributed by atoms with Gasteiger partial charge in [-0.05, 0) is 38.0 Å². The van der Waals surface area contributed by atoms with E-state index < -0.39 is 18.9 Å². The second-order valence-corrected chi connectivity index (χ2v) is 6.77. The Morgan fingerprint density at radius 3 is 2.41 bits per heavy atom. The fourth-order valence-electron chi connectivity index (χ4n) is 3.15. The topological polar surface area (TPSA) is 77.1 Å². The molecular formula is C19H25F3N2O5. The molecule has 0 aromatic heterocycles. The lowest BCUT2D eigenvalue weighted by atomic mass is 9.95. The minimum absolute atomic E-state index is 0.158. The molecule has 1 fully saturated rings. The van der Waals surface area contributed by atoms with E-state index in [4.69, 9.17) is 9.47 Å². The molecule has 1 aliphatic rings.